The van der Waals surface area contributed by atoms with E-state index in [1.807, 2.05) is 13.8 Å². The van der Waals surface area contributed by atoms with Crippen LogP contribution in [0.4, 0.5) is 0 Å². The summed E-state index contributed by atoms with van der Waals surface area (Å²) in [5.74, 6) is -0.941. The Bertz CT molecular complexity index is 342. The van der Waals surface area contributed by atoms with Crippen molar-refractivity contribution in [3.8, 4) is 0 Å². The Morgan fingerprint density at radius 1 is 1.62 bits per heavy atom. The molecule has 0 bridgehead atoms. The molecule has 0 saturated heterocycles. The number of hydrogen-bond acceptors (Lipinski definition) is 6. The average Bonchev–Trinajstić information content (AvgIpc) is 2.62. The number of thioether (sulfide) groups is 1. The van der Waals surface area contributed by atoms with Gasteiger partial charge < -0.3 is 9.84 Å². The number of ether oxygens (including phenoxy) is 1. The molecule has 1 rings (SSSR count). The molecule has 0 spiro atoms. The van der Waals surface area contributed by atoms with E-state index in [9.17, 15) is 4.79 Å². The van der Waals surface area contributed by atoms with Crippen molar-refractivity contribution in [3.05, 3.63) is 0 Å². The van der Waals surface area contributed by atoms with E-state index in [0.29, 0.717) is 18.3 Å². The summed E-state index contributed by atoms with van der Waals surface area (Å²) in [5, 5.41) is 20.0. The van der Waals surface area contributed by atoms with Gasteiger partial charge in [0.2, 0.25) is 5.16 Å². The first-order valence-electron chi connectivity index (χ1n) is 4.82. The number of aliphatic carboxylic acids is 1. The normalized spacial score (nSPS) is 10.9. The molecule has 1 aromatic rings. The minimum atomic E-state index is -0.891. The van der Waals surface area contributed by atoms with E-state index >= 15 is 0 Å². The third kappa shape index (κ3) is 4.58. The fraction of sp³-hybridized carbons (Fsp3) is 0.750. The van der Waals surface area contributed by atoms with Gasteiger partial charge in [-0.25, -0.2) is 4.68 Å². The lowest BCUT2D eigenvalue weighted by Gasteiger charge is -2.07. The number of tetrazole rings is 1. The van der Waals surface area contributed by atoms with Crippen LogP contribution in [0, 0.1) is 0 Å². The topological polar surface area (TPSA) is 90.1 Å². The minimum Gasteiger partial charge on any atom is -0.481 e. The number of carbonyl (C=O) groups is 1. The lowest BCUT2D eigenvalue weighted by molar-refractivity contribution is -0.133. The molecule has 0 aromatic carbocycles. The molecule has 0 radical (unpaired) electrons. The first kappa shape index (κ1) is 12.9. The average molecular weight is 246 g/mol. The van der Waals surface area contributed by atoms with Gasteiger partial charge in [-0.1, -0.05) is 11.8 Å². The van der Waals surface area contributed by atoms with Crippen LogP contribution in [0.3, 0.4) is 0 Å². The SMILES string of the molecule is CC(C)OCCn1nnnc1SCC(=O)O. The summed E-state index contributed by atoms with van der Waals surface area (Å²) < 4.78 is 6.89. The van der Waals surface area contributed by atoms with Crippen LogP contribution in [0.15, 0.2) is 5.16 Å². The van der Waals surface area contributed by atoms with Crippen LogP contribution in [0.5, 0.6) is 0 Å². The highest BCUT2D eigenvalue weighted by atomic mass is 32.2. The second kappa shape index (κ2) is 6.44. The summed E-state index contributed by atoms with van der Waals surface area (Å²) in [6.07, 6.45) is 0.159. The first-order chi connectivity index (χ1) is 7.59. The molecule has 8 heteroatoms. The number of nitrogens with zero attached hydrogens (tertiary/aromatic N) is 4. The van der Waals surface area contributed by atoms with Gasteiger partial charge in [-0.3, -0.25) is 4.79 Å². The fourth-order valence-electron chi connectivity index (χ4n) is 0.941. The highest BCUT2D eigenvalue weighted by Crippen LogP contribution is 2.12. The third-order valence-electron chi connectivity index (χ3n) is 1.58. The van der Waals surface area contributed by atoms with Crippen LogP contribution < -0.4 is 0 Å². The second-order valence-corrected chi connectivity index (χ2v) is 4.23. The van der Waals surface area contributed by atoms with Crippen molar-refractivity contribution < 1.29 is 14.6 Å². The van der Waals surface area contributed by atoms with E-state index < -0.39 is 5.97 Å². The van der Waals surface area contributed by atoms with Gasteiger partial charge in [0.1, 0.15) is 0 Å². The van der Waals surface area contributed by atoms with Gasteiger partial charge in [0.05, 0.1) is 25.0 Å². The summed E-state index contributed by atoms with van der Waals surface area (Å²) in [4.78, 5) is 10.4. The van der Waals surface area contributed by atoms with Crippen LogP contribution in [0.2, 0.25) is 0 Å². The first-order valence-corrected chi connectivity index (χ1v) is 5.80. The molecule has 16 heavy (non-hydrogen) atoms. The van der Waals surface area contributed by atoms with Crippen molar-refractivity contribution >= 4 is 17.7 Å². The summed E-state index contributed by atoms with van der Waals surface area (Å²) >= 11 is 1.09. The molecule has 0 amide bonds. The van der Waals surface area contributed by atoms with Gasteiger partial charge in [0, 0.05) is 0 Å². The Morgan fingerprint density at radius 3 is 3.00 bits per heavy atom. The lowest BCUT2D eigenvalue weighted by atomic mass is 10.5. The molecule has 90 valence electrons. The molecular formula is C8H14N4O3S. The minimum absolute atomic E-state index is 0.0502. The summed E-state index contributed by atoms with van der Waals surface area (Å²) in [7, 11) is 0. The van der Waals surface area contributed by atoms with E-state index in [2.05, 4.69) is 15.5 Å². The highest BCUT2D eigenvalue weighted by Gasteiger charge is 2.08. The highest BCUT2D eigenvalue weighted by molar-refractivity contribution is 7.99. The number of hydrogen-bond donors (Lipinski definition) is 1. The van der Waals surface area contributed by atoms with Gasteiger partial charge in [-0.15, -0.1) is 5.10 Å². The molecule has 0 unspecified atom stereocenters. The van der Waals surface area contributed by atoms with Gasteiger partial charge >= 0.3 is 5.97 Å². The monoisotopic (exact) mass is 246 g/mol. The number of rotatable bonds is 7. The number of carboxylic acids is 1. The van der Waals surface area contributed by atoms with Crippen molar-refractivity contribution in [2.75, 3.05) is 12.4 Å². The maximum atomic E-state index is 10.4. The molecule has 1 heterocycles. The number of carboxylic acid groups (broad SMARTS) is 1. The van der Waals surface area contributed by atoms with Gasteiger partial charge in [0.25, 0.3) is 0 Å². The van der Waals surface area contributed by atoms with Gasteiger partial charge in [-0.05, 0) is 24.3 Å². The Hall–Kier alpha value is -1.15. The summed E-state index contributed by atoms with van der Waals surface area (Å²) in [6, 6.07) is 0. The summed E-state index contributed by atoms with van der Waals surface area (Å²) in [6.45, 7) is 4.91. The van der Waals surface area contributed by atoms with Gasteiger partial charge in [-0.2, -0.15) is 0 Å². The van der Waals surface area contributed by atoms with E-state index in [0.717, 1.165) is 11.8 Å². The molecule has 0 aliphatic carbocycles. The molecule has 0 aliphatic heterocycles. The largest absolute Gasteiger partial charge is 0.481 e. The van der Waals surface area contributed by atoms with Gasteiger partial charge in [0.15, 0.2) is 0 Å². The van der Waals surface area contributed by atoms with Crippen LogP contribution in [-0.2, 0) is 16.1 Å². The second-order valence-electron chi connectivity index (χ2n) is 3.29. The molecule has 0 atom stereocenters. The Labute approximate surface area is 97.2 Å². The molecular weight excluding hydrogens is 232 g/mol. The van der Waals surface area contributed by atoms with Crippen molar-refractivity contribution in [1.82, 2.24) is 20.2 Å². The van der Waals surface area contributed by atoms with Crippen molar-refractivity contribution in [2.45, 2.75) is 31.7 Å². The maximum Gasteiger partial charge on any atom is 0.313 e. The molecule has 7 nitrogen and oxygen atoms in total. The third-order valence-corrected chi connectivity index (χ3v) is 2.52. The van der Waals surface area contributed by atoms with Crippen molar-refractivity contribution in [3.63, 3.8) is 0 Å². The Kier molecular flexibility index (Phi) is 5.20. The maximum absolute atomic E-state index is 10.4. The fourth-order valence-corrected chi connectivity index (χ4v) is 1.56. The molecule has 1 aromatic heterocycles. The standard InChI is InChI=1S/C8H14N4O3S/c1-6(2)15-4-3-12-8(9-10-11-12)16-5-7(13)14/h6H,3-5H2,1-2H3,(H,13,14). The molecule has 0 fully saturated rings. The molecule has 0 aliphatic rings. The smallest absolute Gasteiger partial charge is 0.313 e. The van der Waals surface area contributed by atoms with E-state index in [1.165, 1.54) is 4.68 Å². The van der Waals surface area contributed by atoms with Crippen LogP contribution in [0.25, 0.3) is 0 Å². The Morgan fingerprint density at radius 2 is 2.38 bits per heavy atom. The Balaban J connectivity index is 2.40. The number of aromatic nitrogens is 4. The van der Waals surface area contributed by atoms with Crippen LogP contribution >= 0.6 is 11.8 Å². The summed E-state index contributed by atoms with van der Waals surface area (Å²) in [5.41, 5.74) is 0. The van der Waals surface area contributed by atoms with Crippen molar-refractivity contribution in [1.29, 1.82) is 0 Å². The lowest BCUT2D eigenvalue weighted by Crippen LogP contribution is -2.12. The molecule has 1 N–H and O–H groups in total. The van der Waals surface area contributed by atoms with E-state index in [-0.39, 0.29) is 11.9 Å². The van der Waals surface area contributed by atoms with E-state index in [4.69, 9.17) is 9.84 Å². The zero-order chi connectivity index (χ0) is 12.0. The van der Waals surface area contributed by atoms with Crippen LogP contribution in [0.1, 0.15) is 13.8 Å². The zero-order valence-electron chi connectivity index (χ0n) is 9.16. The zero-order valence-corrected chi connectivity index (χ0v) is 9.98. The predicted octanol–water partition coefficient (Wildman–Crippen LogP) is 0.275. The van der Waals surface area contributed by atoms with E-state index in [1.54, 1.807) is 0 Å². The molecule has 0 saturated carbocycles. The quantitative estimate of drug-likeness (QED) is 0.691. The van der Waals surface area contributed by atoms with Crippen LogP contribution in [-0.4, -0.2) is 49.7 Å². The predicted molar refractivity (Wildman–Crippen MR) is 57.3 cm³/mol. The van der Waals surface area contributed by atoms with Crippen molar-refractivity contribution in [2.24, 2.45) is 0 Å².